The number of amides is 2. The molecule has 1 aliphatic carbocycles. The van der Waals surface area contributed by atoms with Gasteiger partial charge in [0.25, 0.3) is 0 Å². The maximum atomic E-state index is 12.5. The molecule has 2 rings (SSSR count). The van der Waals surface area contributed by atoms with Gasteiger partial charge in [0.05, 0.1) is 6.10 Å². The van der Waals surface area contributed by atoms with E-state index >= 15 is 0 Å². The first-order chi connectivity index (χ1) is 9.04. The molecule has 1 aliphatic heterocycles. The van der Waals surface area contributed by atoms with Crippen molar-refractivity contribution in [3.8, 4) is 0 Å². The van der Waals surface area contributed by atoms with Gasteiger partial charge in [-0.2, -0.15) is 0 Å². The highest BCUT2D eigenvalue weighted by atomic mass is 16.4. The zero-order valence-electron chi connectivity index (χ0n) is 11.3. The van der Waals surface area contributed by atoms with E-state index in [4.69, 9.17) is 5.11 Å². The lowest BCUT2D eigenvalue weighted by Gasteiger charge is -2.30. The number of carbonyl (C=O) groups is 2. The highest BCUT2D eigenvalue weighted by Crippen LogP contribution is 2.30. The lowest BCUT2D eigenvalue weighted by atomic mass is 10.2. The number of hydrogen-bond donors (Lipinski definition) is 2. The Labute approximate surface area is 113 Å². The van der Waals surface area contributed by atoms with Crippen LogP contribution in [-0.4, -0.2) is 63.3 Å². The molecule has 0 bridgehead atoms. The number of rotatable bonds is 5. The number of unbranched alkanes of at least 4 members (excludes halogenated alkanes) is 1. The molecular weight excluding hydrogens is 248 g/mol. The molecule has 2 atom stereocenters. The molecule has 2 N–H and O–H groups in total. The third-order valence-corrected chi connectivity index (χ3v) is 3.80. The van der Waals surface area contributed by atoms with Crippen molar-refractivity contribution in [2.24, 2.45) is 0 Å². The number of carbonyl (C=O) groups excluding carboxylic acids is 1. The molecule has 2 fully saturated rings. The SMILES string of the molecule is CCCCN(C(=O)N1CC(O)CC1C(=O)O)C1CC1. The molecule has 6 heteroatoms. The summed E-state index contributed by atoms with van der Waals surface area (Å²) in [4.78, 5) is 26.7. The van der Waals surface area contributed by atoms with Gasteiger partial charge in [0.2, 0.25) is 0 Å². The Hall–Kier alpha value is -1.30. The molecule has 19 heavy (non-hydrogen) atoms. The van der Waals surface area contributed by atoms with E-state index in [1.54, 1.807) is 4.90 Å². The standard InChI is InChI=1S/C13H22N2O4/c1-2-3-6-14(9-4-5-9)13(19)15-8-10(16)7-11(15)12(17)18/h9-11,16H,2-8H2,1H3,(H,17,18). The Morgan fingerprint density at radius 1 is 1.37 bits per heavy atom. The van der Waals surface area contributed by atoms with Crippen LogP contribution in [0, 0.1) is 0 Å². The van der Waals surface area contributed by atoms with Crippen LogP contribution in [0.2, 0.25) is 0 Å². The average molecular weight is 270 g/mol. The molecule has 108 valence electrons. The fourth-order valence-corrected chi connectivity index (χ4v) is 2.57. The van der Waals surface area contributed by atoms with Crippen LogP contribution in [0.25, 0.3) is 0 Å². The molecule has 0 aromatic carbocycles. The lowest BCUT2D eigenvalue weighted by molar-refractivity contribution is -0.141. The number of hydrogen-bond acceptors (Lipinski definition) is 3. The van der Waals surface area contributed by atoms with E-state index in [2.05, 4.69) is 6.92 Å². The van der Waals surface area contributed by atoms with Crippen LogP contribution in [0.3, 0.4) is 0 Å². The van der Waals surface area contributed by atoms with Crippen LogP contribution in [-0.2, 0) is 4.79 Å². The van der Waals surface area contributed by atoms with Gasteiger partial charge in [-0.05, 0) is 19.3 Å². The molecule has 1 saturated heterocycles. The van der Waals surface area contributed by atoms with Gasteiger partial charge >= 0.3 is 12.0 Å². The van der Waals surface area contributed by atoms with Gasteiger partial charge in [0, 0.05) is 25.6 Å². The molecule has 0 radical (unpaired) electrons. The summed E-state index contributed by atoms with van der Waals surface area (Å²) in [6.45, 7) is 2.87. The minimum absolute atomic E-state index is 0.130. The number of β-amino-alcohol motifs (C(OH)–C–C–N with tert-alkyl or cyclic N) is 1. The summed E-state index contributed by atoms with van der Waals surface area (Å²) >= 11 is 0. The number of likely N-dealkylation sites (tertiary alicyclic amines) is 1. The van der Waals surface area contributed by atoms with Crippen LogP contribution in [0.1, 0.15) is 39.0 Å². The number of carboxylic acid groups (broad SMARTS) is 1. The molecule has 6 nitrogen and oxygen atoms in total. The summed E-state index contributed by atoms with van der Waals surface area (Å²) in [7, 11) is 0. The molecule has 1 heterocycles. The zero-order chi connectivity index (χ0) is 14.0. The second-order valence-electron chi connectivity index (χ2n) is 5.46. The Balaban J connectivity index is 2.05. The molecule has 0 aromatic rings. The van der Waals surface area contributed by atoms with E-state index in [1.807, 2.05) is 0 Å². The van der Waals surface area contributed by atoms with Crippen molar-refractivity contribution in [1.82, 2.24) is 9.80 Å². The van der Waals surface area contributed by atoms with E-state index in [0.717, 1.165) is 25.7 Å². The molecule has 1 saturated carbocycles. The van der Waals surface area contributed by atoms with Crippen molar-refractivity contribution in [3.63, 3.8) is 0 Å². The summed E-state index contributed by atoms with van der Waals surface area (Å²) < 4.78 is 0. The normalized spacial score (nSPS) is 26.5. The third kappa shape index (κ3) is 3.18. The number of aliphatic hydroxyl groups is 1. The first-order valence-corrected chi connectivity index (χ1v) is 7.02. The maximum Gasteiger partial charge on any atom is 0.326 e. The second-order valence-corrected chi connectivity index (χ2v) is 5.46. The van der Waals surface area contributed by atoms with Crippen LogP contribution in [0.15, 0.2) is 0 Å². The smallest absolute Gasteiger partial charge is 0.326 e. The summed E-state index contributed by atoms with van der Waals surface area (Å²) in [6.07, 6.45) is 3.34. The summed E-state index contributed by atoms with van der Waals surface area (Å²) in [6, 6.07) is -0.837. The van der Waals surface area contributed by atoms with E-state index in [1.165, 1.54) is 4.90 Å². The number of carboxylic acids is 1. The Morgan fingerprint density at radius 2 is 2.05 bits per heavy atom. The average Bonchev–Trinajstić information content (AvgIpc) is 3.11. The molecule has 0 aromatic heterocycles. The Bertz CT molecular complexity index is 357. The topological polar surface area (TPSA) is 81.1 Å². The number of aliphatic carboxylic acids is 1. The molecular formula is C13H22N2O4. The summed E-state index contributed by atoms with van der Waals surface area (Å²) in [5, 5.41) is 18.7. The molecule has 2 unspecified atom stereocenters. The molecule has 2 aliphatic rings. The minimum Gasteiger partial charge on any atom is -0.480 e. The van der Waals surface area contributed by atoms with Gasteiger partial charge in [-0.15, -0.1) is 0 Å². The van der Waals surface area contributed by atoms with E-state index < -0.39 is 18.1 Å². The van der Waals surface area contributed by atoms with Crippen molar-refractivity contribution < 1.29 is 19.8 Å². The molecule has 2 amide bonds. The van der Waals surface area contributed by atoms with Crippen LogP contribution >= 0.6 is 0 Å². The van der Waals surface area contributed by atoms with Gasteiger partial charge in [-0.25, -0.2) is 9.59 Å². The largest absolute Gasteiger partial charge is 0.480 e. The quantitative estimate of drug-likeness (QED) is 0.777. The highest BCUT2D eigenvalue weighted by Gasteiger charge is 2.43. The van der Waals surface area contributed by atoms with Crippen molar-refractivity contribution in [2.45, 2.75) is 57.2 Å². The predicted molar refractivity (Wildman–Crippen MR) is 68.8 cm³/mol. The first kappa shape index (κ1) is 14.1. The highest BCUT2D eigenvalue weighted by molar-refractivity contribution is 5.83. The second kappa shape index (κ2) is 5.77. The summed E-state index contributed by atoms with van der Waals surface area (Å²) in [5.41, 5.74) is 0. The van der Waals surface area contributed by atoms with Gasteiger partial charge in [0.15, 0.2) is 0 Å². The fourth-order valence-electron chi connectivity index (χ4n) is 2.57. The molecule has 0 spiro atoms. The number of nitrogens with zero attached hydrogens (tertiary/aromatic N) is 2. The van der Waals surface area contributed by atoms with Crippen molar-refractivity contribution >= 4 is 12.0 Å². The van der Waals surface area contributed by atoms with Gasteiger partial charge in [-0.3, -0.25) is 0 Å². The van der Waals surface area contributed by atoms with E-state index in [0.29, 0.717) is 6.54 Å². The predicted octanol–water partition coefficient (Wildman–Crippen LogP) is 0.891. The Morgan fingerprint density at radius 3 is 2.58 bits per heavy atom. The number of aliphatic hydroxyl groups excluding tert-OH is 1. The van der Waals surface area contributed by atoms with Gasteiger partial charge in [-0.1, -0.05) is 13.3 Å². The first-order valence-electron chi connectivity index (χ1n) is 7.02. The van der Waals surface area contributed by atoms with E-state index in [-0.39, 0.29) is 25.0 Å². The fraction of sp³-hybridized carbons (Fsp3) is 0.846. The van der Waals surface area contributed by atoms with Crippen LogP contribution in [0.5, 0.6) is 0 Å². The van der Waals surface area contributed by atoms with Crippen molar-refractivity contribution in [1.29, 1.82) is 0 Å². The summed E-state index contributed by atoms with van der Waals surface area (Å²) in [5.74, 6) is -1.03. The third-order valence-electron chi connectivity index (χ3n) is 3.80. The zero-order valence-corrected chi connectivity index (χ0v) is 11.3. The van der Waals surface area contributed by atoms with Crippen LogP contribution < -0.4 is 0 Å². The lowest BCUT2D eigenvalue weighted by Crippen LogP contribution is -2.49. The van der Waals surface area contributed by atoms with Gasteiger partial charge < -0.3 is 20.0 Å². The number of urea groups is 1. The minimum atomic E-state index is -1.03. The monoisotopic (exact) mass is 270 g/mol. The van der Waals surface area contributed by atoms with E-state index in [9.17, 15) is 14.7 Å². The Kier molecular flexibility index (Phi) is 4.29. The van der Waals surface area contributed by atoms with Crippen LogP contribution in [0.4, 0.5) is 4.79 Å². The van der Waals surface area contributed by atoms with Crippen molar-refractivity contribution in [2.75, 3.05) is 13.1 Å². The van der Waals surface area contributed by atoms with Crippen molar-refractivity contribution in [3.05, 3.63) is 0 Å². The maximum absolute atomic E-state index is 12.5. The van der Waals surface area contributed by atoms with Gasteiger partial charge in [0.1, 0.15) is 6.04 Å².